The molecule has 0 radical (unpaired) electrons. The fraction of sp³-hybridized carbons (Fsp3) is 0.600. The summed E-state index contributed by atoms with van der Waals surface area (Å²) in [5, 5.41) is 0. The molecule has 0 aromatic heterocycles. The number of methoxy groups -OCH3 is 1. The average molecular weight is 329 g/mol. The second-order valence-corrected chi connectivity index (χ2v) is 5.91. The summed E-state index contributed by atoms with van der Waals surface area (Å²) in [5.74, 6) is 0. The van der Waals surface area contributed by atoms with Gasteiger partial charge in [-0.05, 0) is 38.1 Å². The third-order valence-corrected chi connectivity index (χ3v) is 3.93. The van der Waals surface area contributed by atoms with Crippen molar-refractivity contribution in [3.63, 3.8) is 0 Å². The fourth-order valence-corrected chi connectivity index (χ4v) is 2.84. The highest BCUT2D eigenvalue weighted by atomic mass is 79.9. The third-order valence-electron chi connectivity index (χ3n) is 3.41. The lowest BCUT2D eigenvalue weighted by molar-refractivity contribution is 0.0654. The predicted molar refractivity (Wildman–Crippen MR) is 84.3 cm³/mol. The van der Waals surface area contributed by atoms with Crippen molar-refractivity contribution in [2.75, 3.05) is 20.3 Å². The van der Waals surface area contributed by atoms with E-state index in [9.17, 15) is 0 Å². The second-order valence-electron chi connectivity index (χ2n) is 4.99. The molecule has 0 heterocycles. The molecular weight excluding hydrogens is 304 g/mol. The summed E-state index contributed by atoms with van der Waals surface area (Å²) in [6.45, 7) is 8.08. The van der Waals surface area contributed by atoms with E-state index in [0.717, 1.165) is 11.0 Å². The van der Waals surface area contributed by atoms with Crippen LogP contribution in [0, 0.1) is 0 Å². The monoisotopic (exact) mass is 328 g/mol. The molecule has 3 atom stereocenters. The van der Waals surface area contributed by atoms with Gasteiger partial charge >= 0.3 is 0 Å². The molecule has 3 nitrogen and oxygen atoms in total. The molecule has 0 amide bonds. The summed E-state index contributed by atoms with van der Waals surface area (Å²) in [6.07, 6.45) is 0. The molecule has 3 unspecified atom stereocenters. The Kier molecular flexibility index (Phi) is 7.00. The Bertz CT molecular complexity index is 367. The van der Waals surface area contributed by atoms with Crippen molar-refractivity contribution >= 4 is 15.9 Å². The molecule has 0 fully saturated rings. The maximum atomic E-state index is 6.22. The Labute approximate surface area is 125 Å². The van der Waals surface area contributed by atoms with E-state index in [1.165, 1.54) is 5.56 Å². The maximum absolute atomic E-state index is 6.22. The van der Waals surface area contributed by atoms with Gasteiger partial charge in [0, 0.05) is 29.7 Å². The molecule has 0 spiro atoms. The Morgan fingerprint density at radius 2 is 1.84 bits per heavy atom. The zero-order valence-corrected chi connectivity index (χ0v) is 13.9. The first-order valence-corrected chi connectivity index (χ1v) is 7.56. The SMILES string of the molecule is CCN(C(C)COC)C(c1ccc(Br)cc1)C(C)N. The average Bonchev–Trinajstić information content (AvgIpc) is 2.37. The van der Waals surface area contributed by atoms with E-state index in [2.05, 4.69) is 65.9 Å². The Hall–Kier alpha value is -0.420. The molecule has 0 aliphatic carbocycles. The molecule has 19 heavy (non-hydrogen) atoms. The molecule has 1 aromatic rings. The van der Waals surface area contributed by atoms with Crippen LogP contribution in [0.4, 0.5) is 0 Å². The van der Waals surface area contributed by atoms with E-state index in [4.69, 9.17) is 10.5 Å². The largest absolute Gasteiger partial charge is 0.383 e. The predicted octanol–water partition coefficient (Wildman–Crippen LogP) is 3.19. The van der Waals surface area contributed by atoms with Crippen molar-refractivity contribution in [1.29, 1.82) is 0 Å². The van der Waals surface area contributed by atoms with Crippen LogP contribution in [0.5, 0.6) is 0 Å². The van der Waals surface area contributed by atoms with Gasteiger partial charge in [0.15, 0.2) is 0 Å². The van der Waals surface area contributed by atoms with Crippen molar-refractivity contribution in [3.8, 4) is 0 Å². The van der Waals surface area contributed by atoms with Crippen molar-refractivity contribution in [1.82, 2.24) is 4.90 Å². The van der Waals surface area contributed by atoms with E-state index in [0.29, 0.717) is 12.6 Å². The third kappa shape index (κ3) is 4.56. The number of rotatable bonds is 7. The van der Waals surface area contributed by atoms with Crippen molar-refractivity contribution in [2.45, 2.75) is 38.9 Å². The fourth-order valence-electron chi connectivity index (χ4n) is 2.58. The van der Waals surface area contributed by atoms with Gasteiger partial charge in [-0.15, -0.1) is 0 Å². The number of nitrogens with two attached hydrogens (primary N) is 1. The second kappa shape index (κ2) is 8.00. The first-order chi connectivity index (χ1) is 9.01. The van der Waals surface area contributed by atoms with Crippen LogP contribution in [-0.4, -0.2) is 37.2 Å². The quantitative estimate of drug-likeness (QED) is 0.835. The van der Waals surface area contributed by atoms with Crippen LogP contribution in [0.15, 0.2) is 28.7 Å². The van der Waals surface area contributed by atoms with Crippen LogP contribution in [0.3, 0.4) is 0 Å². The van der Waals surface area contributed by atoms with Gasteiger partial charge in [-0.25, -0.2) is 0 Å². The van der Waals surface area contributed by atoms with Crippen LogP contribution in [0.25, 0.3) is 0 Å². The number of nitrogens with zero attached hydrogens (tertiary/aromatic N) is 1. The highest BCUT2D eigenvalue weighted by Gasteiger charge is 2.26. The van der Waals surface area contributed by atoms with Gasteiger partial charge in [0.2, 0.25) is 0 Å². The van der Waals surface area contributed by atoms with Gasteiger partial charge in [-0.2, -0.15) is 0 Å². The first-order valence-electron chi connectivity index (χ1n) is 6.77. The van der Waals surface area contributed by atoms with Gasteiger partial charge in [0.25, 0.3) is 0 Å². The van der Waals surface area contributed by atoms with Gasteiger partial charge in [-0.3, -0.25) is 4.90 Å². The number of hydrogen-bond donors (Lipinski definition) is 1. The normalized spacial score (nSPS) is 16.4. The number of likely N-dealkylation sites (N-methyl/N-ethyl adjacent to an activating group) is 1. The number of benzene rings is 1. The lowest BCUT2D eigenvalue weighted by atomic mass is 9.98. The molecule has 1 rings (SSSR count). The molecule has 4 heteroatoms. The van der Waals surface area contributed by atoms with Gasteiger partial charge in [0.05, 0.1) is 6.61 Å². The van der Waals surface area contributed by atoms with Gasteiger partial charge in [0.1, 0.15) is 0 Å². The number of hydrogen-bond acceptors (Lipinski definition) is 3. The zero-order chi connectivity index (χ0) is 14.4. The molecule has 0 saturated heterocycles. The molecule has 0 aliphatic rings. The standard InChI is InChI=1S/C15H25BrN2O/c1-5-18(11(2)10-19-4)15(12(3)17)13-6-8-14(16)9-7-13/h6-9,11-12,15H,5,10,17H2,1-4H3. The van der Waals surface area contributed by atoms with E-state index in [1.54, 1.807) is 7.11 Å². The summed E-state index contributed by atoms with van der Waals surface area (Å²) >= 11 is 3.47. The summed E-state index contributed by atoms with van der Waals surface area (Å²) in [7, 11) is 1.74. The zero-order valence-electron chi connectivity index (χ0n) is 12.3. The van der Waals surface area contributed by atoms with Crippen LogP contribution >= 0.6 is 15.9 Å². The molecular formula is C15H25BrN2O. The highest BCUT2D eigenvalue weighted by molar-refractivity contribution is 9.10. The molecule has 1 aromatic carbocycles. The van der Waals surface area contributed by atoms with Crippen LogP contribution in [0.2, 0.25) is 0 Å². The van der Waals surface area contributed by atoms with E-state index in [1.807, 2.05) is 0 Å². The molecule has 0 saturated carbocycles. The molecule has 0 bridgehead atoms. The van der Waals surface area contributed by atoms with Crippen molar-refractivity contribution < 1.29 is 4.74 Å². The van der Waals surface area contributed by atoms with Crippen LogP contribution in [0.1, 0.15) is 32.4 Å². The summed E-state index contributed by atoms with van der Waals surface area (Å²) < 4.78 is 6.37. The molecule has 2 N–H and O–H groups in total. The number of ether oxygens (including phenoxy) is 1. The van der Waals surface area contributed by atoms with Crippen molar-refractivity contribution in [2.24, 2.45) is 5.73 Å². The van der Waals surface area contributed by atoms with Crippen LogP contribution in [-0.2, 0) is 4.74 Å². The van der Waals surface area contributed by atoms with E-state index in [-0.39, 0.29) is 12.1 Å². The first kappa shape index (κ1) is 16.6. The molecule has 0 aliphatic heterocycles. The summed E-state index contributed by atoms with van der Waals surface area (Å²) in [6, 6.07) is 9.04. The minimum absolute atomic E-state index is 0.0698. The highest BCUT2D eigenvalue weighted by Crippen LogP contribution is 2.26. The van der Waals surface area contributed by atoms with Gasteiger partial charge < -0.3 is 10.5 Å². The van der Waals surface area contributed by atoms with Crippen LogP contribution < -0.4 is 5.73 Å². The Morgan fingerprint density at radius 1 is 1.26 bits per heavy atom. The minimum Gasteiger partial charge on any atom is -0.383 e. The Morgan fingerprint density at radius 3 is 2.26 bits per heavy atom. The summed E-state index contributed by atoms with van der Waals surface area (Å²) in [4.78, 5) is 2.40. The maximum Gasteiger partial charge on any atom is 0.0615 e. The van der Waals surface area contributed by atoms with E-state index >= 15 is 0 Å². The molecule has 108 valence electrons. The lowest BCUT2D eigenvalue weighted by Crippen LogP contribution is -2.45. The van der Waals surface area contributed by atoms with Crippen molar-refractivity contribution in [3.05, 3.63) is 34.3 Å². The lowest BCUT2D eigenvalue weighted by Gasteiger charge is -2.38. The van der Waals surface area contributed by atoms with Gasteiger partial charge in [-0.1, -0.05) is 35.0 Å². The summed E-state index contributed by atoms with van der Waals surface area (Å²) in [5.41, 5.74) is 7.48. The topological polar surface area (TPSA) is 38.5 Å². The Balaban J connectivity index is 3.00. The minimum atomic E-state index is 0.0698. The smallest absolute Gasteiger partial charge is 0.0615 e. The number of halogens is 1. The van der Waals surface area contributed by atoms with E-state index < -0.39 is 0 Å².